The molecule has 0 radical (unpaired) electrons. The number of hydrogen-bond acceptors (Lipinski definition) is 2. The minimum Gasteiger partial charge on any atom is -0.347 e. The van der Waals surface area contributed by atoms with Gasteiger partial charge in [-0.25, -0.2) is 4.39 Å². The van der Waals surface area contributed by atoms with Crippen LogP contribution in [0.5, 0.6) is 0 Å². The standard InChI is InChI=1S/C13H14F4N2O2/c1-18(2)11(20)7-19(3)12(21)9-6-8(13(15,16)17)4-5-10(9)14/h4-6H,7H2,1-3H3. The third-order valence-corrected chi connectivity index (χ3v) is 2.74. The van der Waals surface area contributed by atoms with Crippen molar-refractivity contribution in [1.29, 1.82) is 0 Å². The summed E-state index contributed by atoms with van der Waals surface area (Å²) in [4.78, 5) is 25.5. The topological polar surface area (TPSA) is 40.6 Å². The van der Waals surface area contributed by atoms with Gasteiger partial charge in [-0.15, -0.1) is 0 Å². The Labute approximate surface area is 118 Å². The number of alkyl halides is 3. The zero-order valence-corrected chi connectivity index (χ0v) is 11.7. The fourth-order valence-electron chi connectivity index (χ4n) is 1.49. The molecule has 0 N–H and O–H groups in total. The Hall–Kier alpha value is -2.12. The van der Waals surface area contributed by atoms with E-state index in [4.69, 9.17) is 0 Å². The summed E-state index contributed by atoms with van der Waals surface area (Å²) >= 11 is 0. The number of carbonyl (C=O) groups excluding carboxylic acids is 2. The van der Waals surface area contributed by atoms with Gasteiger partial charge in [0.15, 0.2) is 0 Å². The maximum atomic E-state index is 13.6. The van der Waals surface area contributed by atoms with Crippen LogP contribution in [0.15, 0.2) is 18.2 Å². The van der Waals surface area contributed by atoms with Gasteiger partial charge < -0.3 is 9.80 Å². The second-order valence-corrected chi connectivity index (χ2v) is 4.64. The summed E-state index contributed by atoms with van der Waals surface area (Å²) < 4.78 is 51.3. The molecule has 1 aromatic carbocycles. The van der Waals surface area contributed by atoms with Crippen LogP contribution in [0.1, 0.15) is 15.9 Å². The monoisotopic (exact) mass is 306 g/mol. The van der Waals surface area contributed by atoms with Crippen LogP contribution in [0.3, 0.4) is 0 Å². The van der Waals surface area contributed by atoms with E-state index in [9.17, 15) is 27.2 Å². The van der Waals surface area contributed by atoms with E-state index in [0.717, 1.165) is 4.90 Å². The highest BCUT2D eigenvalue weighted by molar-refractivity contribution is 5.96. The molecule has 0 fully saturated rings. The van der Waals surface area contributed by atoms with Crippen molar-refractivity contribution >= 4 is 11.8 Å². The van der Waals surface area contributed by atoms with Crippen LogP contribution in [-0.4, -0.2) is 49.3 Å². The first-order valence-electron chi connectivity index (χ1n) is 5.86. The highest BCUT2D eigenvalue weighted by Gasteiger charge is 2.32. The number of nitrogens with zero attached hydrogens (tertiary/aromatic N) is 2. The van der Waals surface area contributed by atoms with E-state index in [1.54, 1.807) is 0 Å². The molecule has 0 aliphatic rings. The van der Waals surface area contributed by atoms with E-state index in [0.29, 0.717) is 18.2 Å². The van der Waals surface area contributed by atoms with Gasteiger partial charge in [-0.2, -0.15) is 13.2 Å². The lowest BCUT2D eigenvalue weighted by Gasteiger charge is -2.20. The van der Waals surface area contributed by atoms with Crippen molar-refractivity contribution in [2.75, 3.05) is 27.7 Å². The number of amides is 2. The average molecular weight is 306 g/mol. The number of likely N-dealkylation sites (N-methyl/N-ethyl adjacent to an activating group) is 2. The van der Waals surface area contributed by atoms with Crippen LogP contribution in [-0.2, 0) is 11.0 Å². The number of rotatable bonds is 3. The molecule has 0 spiro atoms. The zero-order chi connectivity index (χ0) is 16.4. The van der Waals surface area contributed by atoms with Crippen molar-refractivity contribution in [3.63, 3.8) is 0 Å². The number of benzene rings is 1. The van der Waals surface area contributed by atoms with Gasteiger partial charge in [0, 0.05) is 21.1 Å². The van der Waals surface area contributed by atoms with Gasteiger partial charge in [0.25, 0.3) is 5.91 Å². The van der Waals surface area contributed by atoms with E-state index in [1.807, 2.05) is 0 Å². The highest BCUT2D eigenvalue weighted by atomic mass is 19.4. The van der Waals surface area contributed by atoms with Crippen molar-refractivity contribution in [2.45, 2.75) is 6.18 Å². The third-order valence-electron chi connectivity index (χ3n) is 2.74. The zero-order valence-electron chi connectivity index (χ0n) is 11.7. The molecule has 0 atom stereocenters. The Morgan fingerprint density at radius 2 is 1.71 bits per heavy atom. The molecule has 0 aliphatic carbocycles. The first-order valence-corrected chi connectivity index (χ1v) is 5.86. The molecule has 8 heteroatoms. The van der Waals surface area contributed by atoms with Crippen LogP contribution in [0.4, 0.5) is 17.6 Å². The molecular weight excluding hydrogens is 292 g/mol. The summed E-state index contributed by atoms with van der Waals surface area (Å²) in [6.45, 7) is -0.360. The van der Waals surface area contributed by atoms with Crippen molar-refractivity contribution in [1.82, 2.24) is 9.80 Å². The molecule has 0 saturated carbocycles. The first-order chi connectivity index (χ1) is 9.54. The molecule has 116 valence electrons. The summed E-state index contributed by atoms with van der Waals surface area (Å²) in [7, 11) is 4.14. The fraction of sp³-hybridized carbons (Fsp3) is 0.385. The smallest absolute Gasteiger partial charge is 0.347 e. The van der Waals surface area contributed by atoms with Crippen molar-refractivity contribution in [3.05, 3.63) is 35.1 Å². The third kappa shape index (κ3) is 4.17. The molecule has 2 amide bonds. The molecule has 0 bridgehead atoms. The fourth-order valence-corrected chi connectivity index (χ4v) is 1.49. The maximum Gasteiger partial charge on any atom is 0.416 e. The largest absolute Gasteiger partial charge is 0.416 e. The Morgan fingerprint density at radius 1 is 1.14 bits per heavy atom. The SMILES string of the molecule is CN(C)C(=O)CN(C)C(=O)c1cc(C(F)(F)F)ccc1F. The summed E-state index contributed by atoms with van der Waals surface area (Å²) in [5.41, 5.74) is -1.85. The summed E-state index contributed by atoms with van der Waals surface area (Å²) in [6, 6.07) is 1.57. The summed E-state index contributed by atoms with van der Waals surface area (Å²) in [5.74, 6) is -2.50. The quantitative estimate of drug-likeness (QED) is 0.802. The molecule has 0 aromatic heterocycles. The second-order valence-electron chi connectivity index (χ2n) is 4.64. The summed E-state index contributed by atoms with van der Waals surface area (Å²) in [6.07, 6.45) is -4.68. The molecule has 4 nitrogen and oxygen atoms in total. The lowest BCUT2D eigenvalue weighted by atomic mass is 10.1. The van der Waals surface area contributed by atoms with Gasteiger partial charge in [0.05, 0.1) is 17.7 Å². The van der Waals surface area contributed by atoms with E-state index < -0.39 is 34.9 Å². The molecule has 0 heterocycles. The minimum atomic E-state index is -4.68. The van der Waals surface area contributed by atoms with Gasteiger partial charge in [0.2, 0.25) is 5.91 Å². The average Bonchev–Trinajstić information content (AvgIpc) is 2.36. The van der Waals surface area contributed by atoms with Crippen LogP contribution in [0.2, 0.25) is 0 Å². The van der Waals surface area contributed by atoms with Crippen molar-refractivity contribution in [3.8, 4) is 0 Å². The predicted octanol–water partition coefficient (Wildman–Crippen LogP) is 2.00. The second kappa shape index (κ2) is 6.11. The van der Waals surface area contributed by atoms with Crippen LogP contribution in [0, 0.1) is 5.82 Å². The molecule has 0 unspecified atom stereocenters. The van der Waals surface area contributed by atoms with Crippen LogP contribution < -0.4 is 0 Å². The molecule has 0 aliphatic heterocycles. The van der Waals surface area contributed by atoms with Crippen molar-refractivity contribution in [2.24, 2.45) is 0 Å². The van der Waals surface area contributed by atoms with Gasteiger partial charge in [-0.3, -0.25) is 9.59 Å². The lowest BCUT2D eigenvalue weighted by Crippen LogP contribution is -2.38. The normalized spacial score (nSPS) is 11.2. The summed E-state index contributed by atoms with van der Waals surface area (Å²) in [5, 5.41) is 0. The predicted molar refractivity (Wildman–Crippen MR) is 67.1 cm³/mol. The number of carbonyl (C=O) groups is 2. The Morgan fingerprint density at radius 3 is 2.19 bits per heavy atom. The van der Waals surface area contributed by atoms with E-state index in [1.165, 1.54) is 26.0 Å². The van der Waals surface area contributed by atoms with Crippen LogP contribution >= 0.6 is 0 Å². The number of hydrogen-bond donors (Lipinski definition) is 0. The number of halogens is 4. The first kappa shape index (κ1) is 16.9. The van der Waals surface area contributed by atoms with Gasteiger partial charge in [-0.1, -0.05) is 0 Å². The van der Waals surface area contributed by atoms with E-state index >= 15 is 0 Å². The Bertz CT molecular complexity index is 556. The maximum absolute atomic E-state index is 13.6. The lowest BCUT2D eigenvalue weighted by molar-refractivity contribution is -0.137. The molecule has 1 rings (SSSR count). The van der Waals surface area contributed by atoms with Gasteiger partial charge in [0.1, 0.15) is 5.82 Å². The van der Waals surface area contributed by atoms with E-state index in [-0.39, 0.29) is 6.54 Å². The Balaban J connectivity index is 3.04. The van der Waals surface area contributed by atoms with Gasteiger partial charge >= 0.3 is 6.18 Å². The molecule has 0 saturated heterocycles. The molecule has 1 aromatic rings. The van der Waals surface area contributed by atoms with Crippen LogP contribution in [0.25, 0.3) is 0 Å². The van der Waals surface area contributed by atoms with Gasteiger partial charge in [-0.05, 0) is 18.2 Å². The van der Waals surface area contributed by atoms with Crippen molar-refractivity contribution < 1.29 is 27.2 Å². The minimum absolute atomic E-state index is 0.360. The highest BCUT2D eigenvalue weighted by Crippen LogP contribution is 2.30. The van der Waals surface area contributed by atoms with E-state index in [2.05, 4.69) is 0 Å². The molecule has 21 heavy (non-hydrogen) atoms. The Kier molecular flexibility index (Phi) is 4.93. The molecular formula is C13H14F4N2O2.